The van der Waals surface area contributed by atoms with Crippen molar-refractivity contribution in [2.75, 3.05) is 0 Å². The van der Waals surface area contributed by atoms with Gasteiger partial charge < -0.3 is 0 Å². The number of hydrogen-bond acceptors (Lipinski definition) is 1. The van der Waals surface area contributed by atoms with E-state index < -0.39 is 43.1 Å². The molecule has 0 aromatic heterocycles. The number of rotatable bonds is 4. The Labute approximate surface area is 164 Å². The highest BCUT2D eigenvalue weighted by Crippen LogP contribution is 2.41. The highest BCUT2D eigenvalue weighted by molar-refractivity contribution is 7.66. The Kier molecular flexibility index (Phi) is 5.80. The molecule has 0 radical (unpaired) electrons. The second-order valence-corrected chi connectivity index (χ2v) is 7.40. The molecule has 0 spiro atoms. The molecule has 0 fully saturated rings. The molecule has 0 aliphatic heterocycles. The average Bonchev–Trinajstić information content (AvgIpc) is 2.67. The van der Waals surface area contributed by atoms with Gasteiger partial charge in [0.15, 0.2) is 5.52 Å². The first kappa shape index (κ1) is 21.1. The molecule has 0 aliphatic rings. The van der Waals surface area contributed by atoms with Gasteiger partial charge in [0, 0.05) is 5.56 Å². The van der Waals surface area contributed by atoms with E-state index in [2.05, 4.69) is 0 Å². The Morgan fingerprint density at radius 2 is 1.10 bits per heavy atom. The van der Waals surface area contributed by atoms with Crippen LogP contribution in [0, 0.1) is 0 Å². The van der Waals surface area contributed by atoms with Crippen LogP contribution in [0.2, 0.25) is 0 Å². The van der Waals surface area contributed by atoms with Crippen LogP contribution in [0.15, 0.2) is 72.8 Å². The summed E-state index contributed by atoms with van der Waals surface area (Å²) in [6.07, 6.45) is -10.2. The van der Waals surface area contributed by atoms with Gasteiger partial charge in [0.05, 0.1) is 11.1 Å². The quantitative estimate of drug-likeness (QED) is 0.342. The maximum Gasteiger partial charge on any atom is 0.417 e. The lowest BCUT2D eigenvalue weighted by molar-refractivity contribution is -0.143. The number of benzene rings is 3. The van der Waals surface area contributed by atoms with Crippen LogP contribution in [-0.2, 0) is 12.4 Å². The number of carbonyl (C=O) groups excluding carboxylic acids is 1. The van der Waals surface area contributed by atoms with Gasteiger partial charge >= 0.3 is 12.4 Å². The lowest BCUT2D eigenvalue weighted by Gasteiger charge is -2.17. The summed E-state index contributed by atoms with van der Waals surface area (Å²) in [7, 11) is -0.878. The van der Waals surface area contributed by atoms with Crippen molar-refractivity contribution in [1.82, 2.24) is 0 Å². The van der Waals surface area contributed by atoms with Crippen LogP contribution in [0.3, 0.4) is 0 Å². The molecular formula is C21H13F6OP. The van der Waals surface area contributed by atoms with Crippen molar-refractivity contribution in [1.29, 1.82) is 0 Å². The van der Waals surface area contributed by atoms with Crippen molar-refractivity contribution in [3.63, 3.8) is 0 Å². The number of carbonyl (C=O) groups is 1. The molecule has 0 saturated carbocycles. The second-order valence-electron chi connectivity index (χ2n) is 6.12. The molecule has 0 amide bonds. The minimum atomic E-state index is -5.08. The molecule has 29 heavy (non-hydrogen) atoms. The summed E-state index contributed by atoms with van der Waals surface area (Å²) in [6, 6.07) is 17.3. The van der Waals surface area contributed by atoms with E-state index in [1.54, 1.807) is 12.1 Å². The normalized spacial score (nSPS) is 12.5. The molecule has 0 aliphatic carbocycles. The van der Waals surface area contributed by atoms with Crippen LogP contribution in [0.4, 0.5) is 26.3 Å². The summed E-state index contributed by atoms with van der Waals surface area (Å²) in [6.45, 7) is 0. The number of alkyl halides is 6. The summed E-state index contributed by atoms with van der Waals surface area (Å²) < 4.78 is 79.4. The smallest absolute Gasteiger partial charge is 0.289 e. The van der Waals surface area contributed by atoms with Crippen LogP contribution in [0.5, 0.6) is 0 Å². The minimum absolute atomic E-state index is 0.347. The largest absolute Gasteiger partial charge is 0.417 e. The maximum absolute atomic E-state index is 13.2. The van der Waals surface area contributed by atoms with Gasteiger partial charge in [-0.3, -0.25) is 4.79 Å². The first-order valence-electron chi connectivity index (χ1n) is 8.31. The molecule has 0 bridgehead atoms. The molecule has 3 aromatic rings. The van der Waals surface area contributed by atoms with E-state index in [1.807, 2.05) is 30.3 Å². The van der Waals surface area contributed by atoms with Crippen LogP contribution >= 0.6 is 8.58 Å². The highest BCUT2D eigenvalue weighted by Gasteiger charge is 2.42. The van der Waals surface area contributed by atoms with Gasteiger partial charge in [-0.2, -0.15) is 26.3 Å². The van der Waals surface area contributed by atoms with Crippen molar-refractivity contribution in [2.45, 2.75) is 12.4 Å². The van der Waals surface area contributed by atoms with E-state index in [9.17, 15) is 31.1 Å². The van der Waals surface area contributed by atoms with Crippen LogP contribution in [0.1, 0.15) is 21.5 Å². The van der Waals surface area contributed by atoms with Crippen molar-refractivity contribution < 1.29 is 31.1 Å². The summed E-state index contributed by atoms with van der Waals surface area (Å²) in [5.74, 6) is 0. The van der Waals surface area contributed by atoms with Gasteiger partial charge in [-0.1, -0.05) is 60.7 Å². The zero-order valence-corrected chi connectivity index (χ0v) is 15.6. The van der Waals surface area contributed by atoms with Gasteiger partial charge in [0.1, 0.15) is 0 Å². The molecular weight excluding hydrogens is 413 g/mol. The van der Waals surface area contributed by atoms with E-state index in [-0.39, 0.29) is 0 Å². The van der Waals surface area contributed by atoms with E-state index >= 15 is 0 Å². The molecule has 0 saturated heterocycles. The molecule has 1 unspecified atom stereocenters. The van der Waals surface area contributed by atoms with Gasteiger partial charge in [-0.05, 0) is 37.1 Å². The lowest BCUT2D eigenvalue weighted by Crippen LogP contribution is -2.19. The standard InChI is InChI=1S/C21H13F6OP/c22-20(23,24)16-7-4-8-17(21(25,26)27)18(16)19(28)29-15-11-9-14(10-12-15)13-5-2-1-3-6-13/h1-12,29H. The Morgan fingerprint density at radius 1 is 0.621 bits per heavy atom. The molecule has 0 heterocycles. The highest BCUT2D eigenvalue weighted by atomic mass is 31.1. The van der Waals surface area contributed by atoms with E-state index in [0.717, 1.165) is 11.1 Å². The van der Waals surface area contributed by atoms with E-state index in [4.69, 9.17) is 0 Å². The Hall–Kier alpha value is -2.66. The summed E-state index contributed by atoms with van der Waals surface area (Å²) in [5, 5.41) is 0.347. The zero-order valence-electron chi connectivity index (χ0n) is 14.6. The van der Waals surface area contributed by atoms with Gasteiger partial charge in [0.2, 0.25) is 0 Å². The fraction of sp³-hybridized carbons (Fsp3) is 0.0952. The molecule has 8 heteroatoms. The van der Waals surface area contributed by atoms with Crippen molar-refractivity contribution in [3.05, 3.63) is 89.5 Å². The topological polar surface area (TPSA) is 17.1 Å². The van der Waals surface area contributed by atoms with Crippen molar-refractivity contribution >= 4 is 19.4 Å². The molecule has 3 rings (SSSR count). The minimum Gasteiger partial charge on any atom is -0.289 e. The monoisotopic (exact) mass is 426 g/mol. The molecule has 1 nitrogen and oxygen atoms in total. The lowest BCUT2D eigenvalue weighted by atomic mass is 10.0. The third-order valence-electron chi connectivity index (χ3n) is 4.15. The number of halogens is 6. The second kappa shape index (κ2) is 7.99. The predicted molar refractivity (Wildman–Crippen MR) is 101 cm³/mol. The molecule has 0 N–H and O–H groups in total. The third kappa shape index (κ3) is 4.85. The molecule has 1 atom stereocenters. The Balaban J connectivity index is 1.95. The third-order valence-corrected chi connectivity index (χ3v) is 5.25. The maximum atomic E-state index is 13.2. The van der Waals surface area contributed by atoms with Gasteiger partial charge in [-0.15, -0.1) is 0 Å². The fourth-order valence-corrected chi connectivity index (χ4v) is 3.83. The van der Waals surface area contributed by atoms with Crippen LogP contribution in [0.25, 0.3) is 11.1 Å². The summed E-state index contributed by atoms with van der Waals surface area (Å²) in [4.78, 5) is 12.5. The van der Waals surface area contributed by atoms with Gasteiger partial charge in [-0.25, -0.2) is 0 Å². The summed E-state index contributed by atoms with van der Waals surface area (Å²) in [5.41, 5.74) is -3.99. The summed E-state index contributed by atoms with van der Waals surface area (Å²) >= 11 is 0. The van der Waals surface area contributed by atoms with Crippen LogP contribution in [-0.4, -0.2) is 5.52 Å². The Bertz CT molecular complexity index is 976. The van der Waals surface area contributed by atoms with Gasteiger partial charge in [0.25, 0.3) is 0 Å². The van der Waals surface area contributed by atoms with E-state index in [0.29, 0.717) is 23.5 Å². The Morgan fingerprint density at radius 3 is 1.59 bits per heavy atom. The SMILES string of the molecule is O=C(Pc1ccc(-c2ccccc2)cc1)c1c(C(F)(F)F)cccc1C(F)(F)F. The number of hydrogen-bond donors (Lipinski definition) is 0. The first-order chi connectivity index (χ1) is 13.6. The fourth-order valence-electron chi connectivity index (χ4n) is 2.84. The van der Waals surface area contributed by atoms with Crippen LogP contribution < -0.4 is 5.30 Å². The molecule has 3 aromatic carbocycles. The zero-order chi connectivity index (χ0) is 21.2. The van der Waals surface area contributed by atoms with Crippen molar-refractivity contribution in [2.24, 2.45) is 0 Å². The average molecular weight is 426 g/mol. The first-order valence-corrected chi connectivity index (χ1v) is 9.31. The van der Waals surface area contributed by atoms with E-state index in [1.165, 1.54) is 12.1 Å². The predicted octanol–water partition coefficient (Wildman–Crippen LogP) is 6.54. The molecule has 150 valence electrons. The van der Waals surface area contributed by atoms with Crippen molar-refractivity contribution in [3.8, 4) is 11.1 Å².